The average molecular weight is 627 g/mol. The number of thiophene rings is 1. The topological polar surface area (TPSA) is 135 Å². The Hall–Kier alpha value is -5.02. The minimum Gasteiger partial charge on any atom is -0.504 e. The van der Waals surface area contributed by atoms with Gasteiger partial charge < -0.3 is 20.1 Å². The Balaban J connectivity index is 1.27. The van der Waals surface area contributed by atoms with Crippen LogP contribution in [0.1, 0.15) is 39.2 Å². The Labute approximate surface area is 263 Å². The fourth-order valence-corrected chi connectivity index (χ4v) is 6.33. The molecule has 0 unspecified atom stereocenters. The standard InChI is InChI=1S/C34H31FN4O5S/c1-44-30-10-9-24(17-29(30)40)33-27(23-7-8-25(19-36)28(35)16-23)18-31(45-33)34(42)39-14-12-26(13-15-39)37-20-22-4-2-21(3-5-22)6-11-32(41)38-43/h2-11,16-18,26,37,40,43H,12-15,20H2,1H3,(H,38,41)/b11-6+. The summed E-state index contributed by atoms with van der Waals surface area (Å²) in [4.78, 5) is 27.8. The Morgan fingerprint density at radius 3 is 2.47 bits per heavy atom. The van der Waals surface area contributed by atoms with Crippen LogP contribution in [0.5, 0.6) is 11.5 Å². The number of phenolic OH excluding ortho intramolecular Hbond substituents is 1. The number of amides is 2. The molecule has 2 heterocycles. The van der Waals surface area contributed by atoms with E-state index in [1.165, 1.54) is 36.7 Å². The summed E-state index contributed by atoms with van der Waals surface area (Å²) in [7, 11) is 1.46. The second-order valence-corrected chi connectivity index (χ2v) is 11.6. The van der Waals surface area contributed by atoms with Crippen LogP contribution in [-0.2, 0) is 11.3 Å². The third-order valence-corrected chi connectivity index (χ3v) is 8.85. The highest BCUT2D eigenvalue weighted by Crippen LogP contribution is 2.42. The average Bonchev–Trinajstić information content (AvgIpc) is 3.52. The lowest BCUT2D eigenvalue weighted by molar-refractivity contribution is -0.124. The zero-order valence-corrected chi connectivity index (χ0v) is 25.2. The molecule has 11 heteroatoms. The van der Waals surface area contributed by atoms with E-state index in [2.05, 4.69) is 5.32 Å². The van der Waals surface area contributed by atoms with Gasteiger partial charge in [0.2, 0.25) is 0 Å². The first kappa shape index (κ1) is 31.4. The molecule has 5 rings (SSSR count). The number of nitrogens with one attached hydrogen (secondary N) is 2. The summed E-state index contributed by atoms with van der Waals surface area (Å²) < 4.78 is 19.8. The minimum absolute atomic E-state index is 0.0531. The van der Waals surface area contributed by atoms with E-state index in [0.29, 0.717) is 51.8 Å². The highest BCUT2D eigenvalue weighted by molar-refractivity contribution is 7.18. The van der Waals surface area contributed by atoms with E-state index in [-0.39, 0.29) is 23.3 Å². The summed E-state index contributed by atoms with van der Waals surface area (Å²) in [6.45, 7) is 1.81. The van der Waals surface area contributed by atoms with E-state index in [1.807, 2.05) is 35.2 Å². The van der Waals surface area contributed by atoms with Crippen molar-refractivity contribution in [1.29, 1.82) is 5.26 Å². The van der Waals surface area contributed by atoms with Crippen molar-refractivity contribution in [2.24, 2.45) is 0 Å². The summed E-state index contributed by atoms with van der Waals surface area (Å²) in [5.74, 6) is -1.09. The molecule has 0 spiro atoms. The van der Waals surface area contributed by atoms with Gasteiger partial charge in [-0.1, -0.05) is 30.3 Å². The van der Waals surface area contributed by atoms with Crippen molar-refractivity contribution in [1.82, 2.24) is 15.7 Å². The number of halogens is 1. The van der Waals surface area contributed by atoms with Gasteiger partial charge in [0, 0.05) is 42.2 Å². The lowest BCUT2D eigenvalue weighted by Gasteiger charge is -2.32. The van der Waals surface area contributed by atoms with Crippen LogP contribution in [0.2, 0.25) is 0 Å². The summed E-state index contributed by atoms with van der Waals surface area (Å²) >= 11 is 1.28. The number of nitrogens with zero attached hydrogens (tertiary/aromatic N) is 2. The maximum atomic E-state index is 14.6. The van der Waals surface area contributed by atoms with E-state index < -0.39 is 11.7 Å². The van der Waals surface area contributed by atoms with E-state index in [9.17, 15) is 24.3 Å². The van der Waals surface area contributed by atoms with Crippen molar-refractivity contribution in [3.8, 4) is 39.1 Å². The fraction of sp³-hybridized carbons (Fsp3) is 0.206. The molecule has 1 aliphatic heterocycles. The number of hydrogen-bond acceptors (Lipinski definition) is 8. The van der Waals surface area contributed by atoms with Gasteiger partial charge in [-0.25, -0.2) is 9.87 Å². The number of carbonyl (C=O) groups excluding carboxylic acids is 2. The number of phenols is 1. The van der Waals surface area contributed by atoms with E-state index >= 15 is 0 Å². The van der Waals surface area contributed by atoms with E-state index in [0.717, 1.165) is 24.0 Å². The smallest absolute Gasteiger partial charge is 0.267 e. The van der Waals surface area contributed by atoms with Gasteiger partial charge in [-0.15, -0.1) is 11.3 Å². The summed E-state index contributed by atoms with van der Waals surface area (Å²) in [5.41, 5.74) is 5.22. The zero-order valence-electron chi connectivity index (χ0n) is 24.4. The monoisotopic (exact) mass is 626 g/mol. The third-order valence-electron chi connectivity index (χ3n) is 7.68. The van der Waals surface area contributed by atoms with E-state index in [1.54, 1.807) is 41.9 Å². The zero-order chi connectivity index (χ0) is 31.9. The Bertz CT molecular complexity index is 1770. The number of rotatable bonds is 9. The van der Waals surface area contributed by atoms with Gasteiger partial charge in [-0.3, -0.25) is 14.8 Å². The molecule has 4 N–H and O–H groups in total. The third kappa shape index (κ3) is 7.38. The Kier molecular flexibility index (Phi) is 9.89. The molecular formula is C34H31FN4O5S. The maximum Gasteiger partial charge on any atom is 0.267 e. The molecule has 0 aliphatic carbocycles. The molecule has 1 aliphatic rings. The molecule has 2 amide bonds. The molecule has 0 atom stereocenters. The molecule has 1 aromatic heterocycles. The van der Waals surface area contributed by atoms with Crippen molar-refractivity contribution < 1.29 is 29.0 Å². The predicted molar refractivity (Wildman–Crippen MR) is 169 cm³/mol. The van der Waals surface area contributed by atoms with Crippen molar-refractivity contribution in [3.63, 3.8) is 0 Å². The molecule has 4 aromatic rings. The number of ether oxygens (including phenoxy) is 1. The molecule has 0 radical (unpaired) electrons. The van der Waals surface area contributed by atoms with Gasteiger partial charge in [0.1, 0.15) is 11.9 Å². The number of aromatic hydroxyl groups is 1. The molecule has 1 fully saturated rings. The van der Waals surface area contributed by atoms with Crippen LogP contribution in [0.3, 0.4) is 0 Å². The molecule has 45 heavy (non-hydrogen) atoms. The quantitative estimate of drug-likeness (QED) is 0.106. The van der Waals surface area contributed by atoms with Crippen LogP contribution in [0.15, 0.2) is 72.8 Å². The predicted octanol–water partition coefficient (Wildman–Crippen LogP) is 5.72. The number of hydroxylamine groups is 1. The SMILES string of the molecule is COc1ccc(-c2sc(C(=O)N3CCC(NCc4ccc(/C=C/C(=O)NO)cc4)CC3)cc2-c2ccc(C#N)c(F)c2)cc1O. The number of carbonyl (C=O) groups is 2. The van der Waals surface area contributed by atoms with Crippen LogP contribution in [0.25, 0.3) is 27.6 Å². The van der Waals surface area contributed by atoms with Crippen molar-refractivity contribution >= 4 is 29.2 Å². The number of benzene rings is 3. The van der Waals surface area contributed by atoms with Gasteiger partial charge in [0.05, 0.1) is 17.6 Å². The summed E-state index contributed by atoms with van der Waals surface area (Å²) in [6.07, 6.45) is 4.41. The molecule has 230 valence electrons. The van der Waals surface area contributed by atoms with Crippen LogP contribution >= 0.6 is 11.3 Å². The number of piperidine rings is 1. The number of likely N-dealkylation sites (tertiary alicyclic amines) is 1. The van der Waals surface area contributed by atoms with Gasteiger partial charge >= 0.3 is 0 Å². The fourth-order valence-electron chi connectivity index (χ4n) is 5.19. The molecule has 1 saturated heterocycles. The van der Waals surface area contributed by atoms with Gasteiger partial charge in [0.15, 0.2) is 11.5 Å². The molecular weight excluding hydrogens is 595 g/mol. The van der Waals surface area contributed by atoms with E-state index in [4.69, 9.17) is 9.94 Å². The van der Waals surface area contributed by atoms with Crippen LogP contribution in [-0.4, -0.2) is 53.3 Å². The molecule has 0 saturated carbocycles. The first-order chi connectivity index (χ1) is 21.8. The molecule has 9 nitrogen and oxygen atoms in total. The lowest BCUT2D eigenvalue weighted by Crippen LogP contribution is -2.44. The highest BCUT2D eigenvalue weighted by Gasteiger charge is 2.26. The number of nitriles is 1. The van der Waals surface area contributed by atoms with Gasteiger partial charge in [-0.2, -0.15) is 5.26 Å². The normalized spacial score (nSPS) is 13.5. The second kappa shape index (κ2) is 14.2. The van der Waals surface area contributed by atoms with Gasteiger partial charge in [-0.05, 0) is 77.6 Å². The largest absolute Gasteiger partial charge is 0.504 e. The van der Waals surface area contributed by atoms with Crippen molar-refractivity contribution in [2.45, 2.75) is 25.4 Å². The first-order valence-electron chi connectivity index (χ1n) is 14.2. The van der Waals surface area contributed by atoms with Crippen LogP contribution in [0, 0.1) is 17.1 Å². The van der Waals surface area contributed by atoms with Crippen molar-refractivity contribution in [2.75, 3.05) is 20.2 Å². The Morgan fingerprint density at radius 1 is 1.09 bits per heavy atom. The van der Waals surface area contributed by atoms with Crippen LogP contribution < -0.4 is 15.5 Å². The first-order valence-corrected chi connectivity index (χ1v) is 15.1. The Morgan fingerprint density at radius 2 is 1.82 bits per heavy atom. The molecule has 3 aromatic carbocycles. The number of methoxy groups -OCH3 is 1. The van der Waals surface area contributed by atoms with Gasteiger partial charge in [0.25, 0.3) is 11.8 Å². The van der Waals surface area contributed by atoms with Crippen molar-refractivity contribution in [3.05, 3.63) is 100 Å². The summed E-state index contributed by atoms with van der Waals surface area (Å²) in [5, 5.41) is 31.7. The molecule has 0 bridgehead atoms. The summed E-state index contributed by atoms with van der Waals surface area (Å²) in [6, 6.07) is 20.9. The highest BCUT2D eigenvalue weighted by atomic mass is 32.1. The van der Waals surface area contributed by atoms with Crippen LogP contribution in [0.4, 0.5) is 4.39 Å². The number of hydrogen-bond donors (Lipinski definition) is 4. The maximum absolute atomic E-state index is 14.6. The lowest BCUT2D eigenvalue weighted by atomic mass is 10.00. The second-order valence-electron chi connectivity index (χ2n) is 10.5. The minimum atomic E-state index is -0.646.